The number of carbonyl (C=O) groups excluding carboxylic acids is 2. The van der Waals surface area contributed by atoms with E-state index in [-0.39, 0.29) is 81.0 Å². The summed E-state index contributed by atoms with van der Waals surface area (Å²) in [5, 5.41) is 21.9. The number of aliphatic carboxylic acids is 1. The molecule has 1 aliphatic heterocycles. The second-order valence-corrected chi connectivity index (χ2v) is 9.72. The predicted octanol–water partition coefficient (Wildman–Crippen LogP) is 3.13. The number of nitrogens with one attached hydrogen (secondary N) is 1. The molecule has 0 saturated heterocycles. The van der Waals surface area contributed by atoms with E-state index in [9.17, 15) is 27.9 Å². The Labute approximate surface area is 269 Å². The molecule has 8 nitrogen and oxygen atoms in total. The van der Waals surface area contributed by atoms with Crippen molar-refractivity contribution in [2.45, 2.75) is 18.5 Å². The summed E-state index contributed by atoms with van der Waals surface area (Å²) < 4.78 is 50.0. The standard InChI is InChI=1S/C28H18Cl2F3N3O5.Na/c29-20-11-15(28(31,32)33)3-6-18(20)22-7-8-25(36-35-22)34-26(37)14-1-4-16(5-2-14)41-24-13-23-19(12-21(24)30)17(27(38)39)9-10-40-23;/h1-8,11-13,17H,9-10H2,(H,38,39)(H,34,36,37);/q;+1/p-1. The van der Waals surface area contributed by atoms with Crippen LogP contribution in [-0.4, -0.2) is 28.7 Å². The zero-order valence-corrected chi connectivity index (χ0v) is 25.2. The third kappa shape index (κ3) is 6.99. The molecule has 0 spiro atoms. The number of rotatable bonds is 6. The zero-order chi connectivity index (χ0) is 29.3. The summed E-state index contributed by atoms with van der Waals surface area (Å²) in [5.74, 6) is -1.49. The first-order valence-electron chi connectivity index (χ1n) is 12.0. The van der Waals surface area contributed by atoms with Crippen LogP contribution < -0.4 is 49.5 Å². The number of hydrogen-bond acceptors (Lipinski definition) is 7. The number of benzene rings is 3. The molecule has 1 aromatic heterocycles. The molecule has 1 N–H and O–H groups in total. The van der Waals surface area contributed by atoms with Crippen LogP contribution in [0.5, 0.6) is 17.2 Å². The number of carbonyl (C=O) groups is 2. The van der Waals surface area contributed by atoms with Gasteiger partial charge < -0.3 is 24.7 Å². The second kappa shape index (κ2) is 12.9. The SMILES string of the molecule is O=C(Nc1ccc(-c2ccc(C(F)(F)F)cc2Cl)nn1)c1ccc(Oc2cc3c(cc2Cl)C(C(=O)[O-])CCO3)cc1.[Na+]. The number of nitrogens with zero attached hydrogens (tertiary/aromatic N) is 2. The van der Waals surface area contributed by atoms with Crippen LogP contribution in [0.15, 0.2) is 66.7 Å². The fraction of sp³-hybridized carbons (Fsp3) is 0.143. The number of halogens is 5. The summed E-state index contributed by atoms with van der Waals surface area (Å²) in [6.45, 7) is 0.215. The number of alkyl halides is 3. The average molecular weight is 626 g/mol. The van der Waals surface area contributed by atoms with E-state index >= 15 is 0 Å². The van der Waals surface area contributed by atoms with Crippen molar-refractivity contribution >= 4 is 40.9 Å². The van der Waals surface area contributed by atoms with Crippen molar-refractivity contribution < 1.29 is 66.9 Å². The largest absolute Gasteiger partial charge is 1.00 e. The van der Waals surface area contributed by atoms with Crippen LogP contribution in [-0.2, 0) is 11.0 Å². The molecule has 0 aliphatic carbocycles. The van der Waals surface area contributed by atoms with Gasteiger partial charge in [-0.15, -0.1) is 10.2 Å². The Kier molecular flexibility index (Phi) is 9.69. The summed E-state index contributed by atoms with van der Waals surface area (Å²) in [6.07, 6.45) is -4.25. The van der Waals surface area contributed by atoms with Crippen molar-refractivity contribution in [1.82, 2.24) is 10.2 Å². The molecule has 1 unspecified atom stereocenters. The van der Waals surface area contributed by atoms with E-state index < -0.39 is 29.5 Å². The van der Waals surface area contributed by atoms with E-state index in [4.69, 9.17) is 32.7 Å². The first-order valence-corrected chi connectivity index (χ1v) is 12.7. The van der Waals surface area contributed by atoms with Gasteiger partial charge in [0.2, 0.25) is 0 Å². The van der Waals surface area contributed by atoms with Crippen LogP contribution in [0.25, 0.3) is 11.3 Å². The van der Waals surface area contributed by atoms with Crippen molar-refractivity contribution in [3.8, 4) is 28.5 Å². The number of aromatic nitrogens is 2. The van der Waals surface area contributed by atoms with E-state index in [1.165, 1.54) is 54.6 Å². The monoisotopic (exact) mass is 625 g/mol. The number of fused-ring (bicyclic) bond motifs is 1. The van der Waals surface area contributed by atoms with E-state index in [2.05, 4.69) is 15.5 Å². The minimum atomic E-state index is -4.53. The van der Waals surface area contributed by atoms with Gasteiger partial charge in [0, 0.05) is 34.6 Å². The van der Waals surface area contributed by atoms with Gasteiger partial charge in [-0.1, -0.05) is 29.3 Å². The maximum atomic E-state index is 12.9. The predicted molar refractivity (Wildman–Crippen MR) is 141 cm³/mol. The van der Waals surface area contributed by atoms with Gasteiger partial charge in [0.15, 0.2) is 5.82 Å². The third-order valence-corrected chi connectivity index (χ3v) is 6.82. The first-order chi connectivity index (χ1) is 19.5. The van der Waals surface area contributed by atoms with Gasteiger partial charge in [-0.05, 0) is 61.0 Å². The number of amides is 1. The van der Waals surface area contributed by atoms with E-state index in [1.54, 1.807) is 0 Å². The van der Waals surface area contributed by atoms with Crippen molar-refractivity contribution in [2.75, 3.05) is 11.9 Å². The summed E-state index contributed by atoms with van der Waals surface area (Å²) in [6, 6.07) is 14.9. The molecule has 14 heteroatoms. The van der Waals surface area contributed by atoms with Crippen molar-refractivity contribution in [2.24, 2.45) is 0 Å². The molecule has 0 fully saturated rings. The molecule has 1 aliphatic rings. The summed E-state index contributed by atoms with van der Waals surface area (Å²) in [7, 11) is 0. The van der Waals surface area contributed by atoms with Crippen LogP contribution in [0.1, 0.15) is 33.8 Å². The fourth-order valence-corrected chi connectivity index (χ4v) is 4.63. The van der Waals surface area contributed by atoms with Gasteiger partial charge in [-0.3, -0.25) is 4.79 Å². The van der Waals surface area contributed by atoms with Gasteiger partial charge in [0.1, 0.15) is 17.2 Å². The Balaban J connectivity index is 0.00000405. The molecule has 4 aromatic rings. The van der Waals surface area contributed by atoms with Crippen LogP contribution in [0.3, 0.4) is 0 Å². The van der Waals surface area contributed by atoms with Crippen LogP contribution in [0, 0.1) is 0 Å². The fourth-order valence-electron chi connectivity index (χ4n) is 4.14. The number of ether oxygens (including phenoxy) is 2. The van der Waals surface area contributed by atoms with E-state index in [1.807, 2.05) is 0 Å². The van der Waals surface area contributed by atoms with Crippen LogP contribution >= 0.6 is 23.2 Å². The number of carboxylic acids is 1. The molecule has 210 valence electrons. The minimum Gasteiger partial charge on any atom is -0.549 e. The molecule has 0 radical (unpaired) electrons. The molecular weight excluding hydrogens is 609 g/mol. The van der Waals surface area contributed by atoms with E-state index in [0.29, 0.717) is 17.1 Å². The molecule has 0 bridgehead atoms. The van der Waals surface area contributed by atoms with Crippen LogP contribution in [0.4, 0.5) is 19.0 Å². The van der Waals surface area contributed by atoms with Gasteiger partial charge >= 0.3 is 35.7 Å². The molecule has 5 rings (SSSR count). The Morgan fingerprint density at radius 3 is 2.33 bits per heavy atom. The Hall–Kier alpha value is -3.35. The average Bonchev–Trinajstić information content (AvgIpc) is 2.93. The van der Waals surface area contributed by atoms with E-state index in [0.717, 1.165) is 12.1 Å². The topological polar surface area (TPSA) is 113 Å². The normalized spacial score (nSPS) is 14.2. The molecule has 1 amide bonds. The molecule has 42 heavy (non-hydrogen) atoms. The second-order valence-electron chi connectivity index (χ2n) is 8.91. The molecule has 0 saturated carbocycles. The summed E-state index contributed by atoms with van der Waals surface area (Å²) >= 11 is 12.3. The number of anilines is 1. The quantitative estimate of drug-likeness (QED) is 0.328. The Bertz CT molecular complexity index is 1640. The Morgan fingerprint density at radius 1 is 0.976 bits per heavy atom. The first kappa shape index (κ1) is 31.6. The number of hydrogen-bond donors (Lipinski definition) is 1. The molecular formula is C28H17Cl2F3N3NaO5. The van der Waals surface area contributed by atoms with Gasteiger partial charge in [0.05, 0.1) is 27.9 Å². The van der Waals surface area contributed by atoms with Crippen molar-refractivity contribution in [3.63, 3.8) is 0 Å². The van der Waals surface area contributed by atoms with Gasteiger partial charge in [-0.25, -0.2) is 0 Å². The van der Waals surface area contributed by atoms with Gasteiger partial charge in [-0.2, -0.15) is 13.2 Å². The molecule has 1 atom stereocenters. The summed E-state index contributed by atoms with van der Waals surface area (Å²) in [4.78, 5) is 24.1. The van der Waals surface area contributed by atoms with Crippen LogP contribution in [0.2, 0.25) is 10.0 Å². The third-order valence-electron chi connectivity index (χ3n) is 6.21. The minimum absolute atomic E-state index is 0. The maximum absolute atomic E-state index is 12.9. The number of carboxylic acid groups (broad SMARTS) is 1. The maximum Gasteiger partial charge on any atom is 1.00 e. The molecule has 2 heterocycles. The van der Waals surface area contributed by atoms with Crippen molar-refractivity contribution in [3.05, 3.63) is 93.5 Å². The van der Waals surface area contributed by atoms with Gasteiger partial charge in [0.25, 0.3) is 5.91 Å². The molecule has 3 aromatic carbocycles. The smallest absolute Gasteiger partial charge is 0.549 e. The Morgan fingerprint density at radius 2 is 1.71 bits per heavy atom. The zero-order valence-electron chi connectivity index (χ0n) is 21.7. The van der Waals surface area contributed by atoms with Crippen molar-refractivity contribution in [1.29, 1.82) is 0 Å². The summed E-state index contributed by atoms with van der Waals surface area (Å²) in [5.41, 5.74) is 0.283.